The summed E-state index contributed by atoms with van der Waals surface area (Å²) in [5.74, 6) is 1.10. The summed E-state index contributed by atoms with van der Waals surface area (Å²) in [7, 11) is 0. The van der Waals surface area contributed by atoms with Crippen LogP contribution in [0, 0.1) is 5.92 Å². The smallest absolute Gasteiger partial charge is 0.166 e. The van der Waals surface area contributed by atoms with Crippen LogP contribution in [0.3, 0.4) is 0 Å². The highest BCUT2D eigenvalue weighted by molar-refractivity contribution is 5.33. The Hall–Kier alpha value is -1.12. The zero-order valence-electron chi connectivity index (χ0n) is 8.15. The van der Waals surface area contributed by atoms with Crippen molar-refractivity contribution in [1.29, 1.82) is 0 Å². The number of rotatable bonds is 2. The summed E-state index contributed by atoms with van der Waals surface area (Å²) < 4.78 is 36.6. The lowest BCUT2D eigenvalue weighted by molar-refractivity contribution is -0.137. The summed E-state index contributed by atoms with van der Waals surface area (Å²) in [6, 6.07) is 5.27. The van der Waals surface area contributed by atoms with Gasteiger partial charge >= 0.3 is 6.18 Å². The van der Waals surface area contributed by atoms with Crippen LogP contribution in [0.5, 0.6) is 0 Å². The van der Waals surface area contributed by atoms with Gasteiger partial charge in [-0.05, 0) is 6.92 Å². The molecule has 0 nitrogen and oxygen atoms in total. The molecule has 0 heterocycles. The van der Waals surface area contributed by atoms with Gasteiger partial charge in [-0.25, -0.2) is 0 Å². The predicted octanol–water partition coefficient (Wildman–Crippen LogP) is 4.06. The van der Waals surface area contributed by atoms with Crippen LogP contribution in [0.4, 0.5) is 13.2 Å². The second kappa shape index (κ2) is 3.95. The molecule has 1 aromatic rings. The molecule has 0 aliphatic carbocycles. The molecule has 0 spiro atoms. The molecule has 0 saturated carbocycles. The molecule has 76 valence electrons. The van der Waals surface area contributed by atoms with E-state index >= 15 is 0 Å². The first-order chi connectivity index (χ1) is 6.45. The molecule has 0 aliphatic rings. The Kier molecular flexibility index (Phi) is 3.09. The SMILES string of the molecule is CC[C+](C)c1ccc(C(F)(F)F)cc1. The van der Waals surface area contributed by atoms with Crippen LogP contribution in [0.1, 0.15) is 31.4 Å². The minimum atomic E-state index is -4.24. The van der Waals surface area contributed by atoms with Crippen molar-refractivity contribution in [2.45, 2.75) is 26.4 Å². The second-order valence-electron chi connectivity index (χ2n) is 3.21. The first-order valence-corrected chi connectivity index (χ1v) is 4.45. The van der Waals surface area contributed by atoms with Crippen molar-refractivity contribution in [2.24, 2.45) is 0 Å². The van der Waals surface area contributed by atoms with E-state index in [2.05, 4.69) is 0 Å². The number of alkyl halides is 3. The van der Waals surface area contributed by atoms with Crippen molar-refractivity contribution in [1.82, 2.24) is 0 Å². The third-order valence-corrected chi connectivity index (χ3v) is 2.24. The lowest BCUT2D eigenvalue weighted by Crippen LogP contribution is -2.05. The molecule has 0 amide bonds. The van der Waals surface area contributed by atoms with Gasteiger partial charge in [-0.3, -0.25) is 0 Å². The van der Waals surface area contributed by atoms with Crippen LogP contribution in [0.25, 0.3) is 0 Å². The first-order valence-electron chi connectivity index (χ1n) is 4.45. The quantitative estimate of drug-likeness (QED) is 0.633. The van der Waals surface area contributed by atoms with Crippen LogP contribution in [0.15, 0.2) is 24.3 Å². The van der Waals surface area contributed by atoms with Gasteiger partial charge in [0.25, 0.3) is 0 Å². The average Bonchev–Trinajstić information content (AvgIpc) is 2.15. The number of benzene rings is 1. The number of hydrogen-bond acceptors (Lipinski definition) is 0. The van der Waals surface area contributed by atoms with Crippen molar-refractivity contribution in [2.75, 3.05) is 0 Å². The molecule has 1 rings (SSSR count). The molecular formula is C11H12F3+. The Morgan fingerprint density at radius 2 is 1.64 bits per heavy atom. The van der Waals surface area contributed by atoms with E-state index in [0.29, 0.717) is 0 Å². The Labute approximate surface area is 81.8 Å². The molecule has 0 saturated heterocycles. The zero-order chi connectivity index (χ0) is 10.8. The standard InChI is InChI=1S/C11H12F3/c1-3-8(2)9-4-6-10(7-5-9)11(12,13)14/h4-7H,3H2,1-2H3/q+1. The maximum absolute atomic E-state index is 12.2. The van der Waals surface area contributed by atoms with Gasteiger partial charge in [0.2, 0.25) is 0 Å². The summed E-state index contributed by atoms with van der Waals surface area (Å²) in [5.41, 5.74) is 0.283. The van der Waals surface area contributed by atoms with Crippen LogP contribution in [-0.4, -0.2) is 0 Å². The molecule has 1 aromatic carbocycles. The normalized spacial score (nSPS) is 11.5. The summed E-state index contributed by atoms with van der Waals surface area (Å²) in [6.07, 6.45) is -3.38. The monoisotopic (exact) mass is 201 g/mol. The van der Waals surface area contributed by atoms with Crippen molar-refractivity contribution in [3.05, 3.63) is 41.3 Å². The van der Waals surface area contributed by atoms with E-state index in [1.165, 1.54) is 12.1 Å². The van der Waals surface area contributed by atoms with Gasteiger partial charge in [-0.1, -0.05) is 0 Å². The van der Waals surface area contributed by atoms with Crippen molar-refractivity contribution >= 4 is 0 Å². The molecular weight excluding hydrogens is 189 g/mol. The van der Waals surface area contributed by atoms with E-state index in [-0.39, 0.29) is 0 Å². The Balaban J connectivity index is 2.89. The fourth-order valence-corrected chi connectivity index (χ4v) is 1.15. The number of halogens is 3. The van der Waals surface area contributed by atoms with Gasteiger partial charge < -0.3 is 0 Å². The molecule has 0 aromatic heterocycles. The van der Waals surface area contributed by atoms with Crippen molar-refractivity contribution in [3.63, 3.8) is 0 Å². The summed E-state index contributed by atoms with van der Waals surface area (Å²) in [5, 5.41) is 0. The first kappa shape index (κ1) is 11.0. The number of hydrogen-bond donors (Lipinski definition) is 0. The fourth-order valence-electron chi connectivity index (χ4n) is 1.15. The molecule has 0 N–H and O–H groups in total. The Morgan fingerprint density at radius 3 is 2.00 bits per heavy atom. The molecule has 0 atom stereocenters. The van der Waals surface area contributed by atoms with Gasteiger partial charge in [-0.2, -0.15) is 13.2 Å². The highest BCUT2D eigenvalue weighted by atomic mass is 19.4. The third kappa shape index (κ3) is 2.44. The Morgan fingerprint density at radius 1 is 1.14 bits per heavy atom. The minimum Gasteiger partial charge on any atom is -0.166 e. The predicted molar refractivity (Wildman–Crippen MR) is 49.8 cm³/mol. The lowest BCUT2D eigenvalue weighted by Gasteiger charge is -2.05. The maximum Gasteiger partial charge on any atom is 0.418 e. The van der Waals surface area contributed by atoms with Gasteiger partial charge in [0.1, 0.15) is 5.56 Å². The lowest BCUT2D eigenvalue weighted by atomic mass is 9.98. The molecule has 0 radical (unpaired) electrons. The van der Waals surface area contributed by atoms with Gasteiger partial charge in [-0.15, -0.1) is 0 Å². The molecule has 0 fully saturated rings. The van der Waals surface area contributed by atoms with Crippen LogP contribution in [-0.2, 0) is 6.18 Å². The Bertz CT molecular complexity index is 284. The average molecular weight is 201 g/mol. The molecule has 0 aliphatic heterocycles. The zero-order valence-corrected chi connectivity index (χ0v) is 8.15. The van der Waals surface area contributed by atoms with E-state index in [4.69, 9.17) is 0 Å². The largest absolute Gasteiger partial charge is 0.418 e. The van der Waals surface area contributed by atoms with E-state index in [1.54, 1.807) is 0 Å². The highest BCUT2D eigenvalue weighted by Gasteiger charge is 2.31. The molecule has 0 bridgehead atoms. The van der Waals surface area contributed by atoms with Gasteiger partial charge in [0.05, 0.1) is 5.56 Å². The van der Waals surface area contributed by atoms with Crippen LogP contribution in [0.2, 0.25) is 0 Å². The van der Waals surface area contributed by atoms with Gasteiger partial charge in [0.15, 0.2) is 0 Å². The summed E-state index contributed by atoms with van der Waals surface area (Å²) in [6.45, 7) is 3.90. The summed E-state index contributed by atoms with van der Waals surface area (Å²) >= 11 is 0. The van der Waals surface area contributed by atoms with Crippen LogP contribution < -0.4 is 0 Å². The highest BCUT2D eigenvalue weighted by Crippen LogP contribution is 2.30. The van der Waals surface area contributed by atoms with E-state index in [1.807, 2.05) is 13.8 Å². The van der Waals surface area contributed by atoms with E-state index in [0.717, 1.165) is 30.0 Å². The summed E-state index contributed by atoms with van der Waals surface area (Å²) in [4.78, 5) is 0. The maximum atomic E-state index is 12.2. The van der Waals surface area contributed by atoms with Gasteiger partial charge in [0, 0.05) is 43.5 Å². The topological polar surface area (TPSA) is 0 Å². The fraction of sp³-hybridized carbons (Fsp3) is 0.364. The molecule has 0 unspecified atom stereocenters. The molecule has 3 heteroatoms. The third-order valence-electron chi connectivity index (χ3n) is 2.24. The van der Waals surface area contributed by atoms with E-state index < -0.39 is 11.7 Å². The molecule has 14 heavy (non-hydrogen) atoms. The van der Waals surface area contributed by atoms with Crippen LogP contribution >= 0.6 is 0 Å². The second-order valence-corrected chi connectivity index (χ2v) is 3.21. The van der Waals surface area contributed by atoms with E-state index in [9.17, 15) is 13.2 Å². The minimum absolute atomic E-state index is 0.592. The van der Waals surface area contributed by atoms with Crippen molar-refractivity contribution in [3.8, 4) is 0 Å². The van der Waals surface area contributed by atoms with Crippen molar-refractivity contribution < 1.29 is 13.2 Å².